The summed E-state index contributed by atoms with van der Waals surface area (Å²) in [6.07, 6.45) is 0.902. The highest BCUT2D eigenvalue weighted by Crippen LogP contribution is 2.29. The van der Waals surface area contributed by atoms with Crippen LogP contribution in [0.25, 0.3) is 0 Å². The van der Waals surface area contributed by atoms with Gasteiger partial charge in [0.25, 0.3) is 0 Å². The van der Waals surface area contributed by atoms with Crippen molar-refractivity contribution in [1.82, 2.24) is 0 Å². The quantitative estimate of drug-likeness (QED) is 0.779. The van der Waals surface area contributed by atoms with Gasteiger partial charge in [-0.15, -0.1) is 12.6 Å². The minimum atomic E-state index is -0.503. The number of allylic oxidation sites excluding steroid dienone is 2. The van der Waals surface area contributed by atoms with Crippen LogP contribution in [0, 0.1) is 0 Å². The van der Waals surface area contributed by atoms with E-state index in [9.17, 15) is 19.5 Å². The van der Waals surface area contributed by atoms with E-state index in [1.54, 1.807) is 0 Å². The maximum absolute atomic E-state index is 12.0. The van der Waals surface area contributed by atoms with Crippen LogP contribution in [0.2, 0.25) is 0 Å². The zero-order valence-electron chi connectivity index (χ0n) is 8.64. The van der Waals surface area contributed by atoms with Gasteiger partial charge < -0.3 is 5.11 Å². The van der Waals surface area contributed by atoms with Crippen molar-refractivity contribution in [2.45, 2.75) is 6.42 Å². The number of carbonyl (C=O) groups excluding carboxylic acids is 3. The fourth-order valence-corrected chi connectivity index (χ4v) is 1.91. The largest absolute Gasteiger partial charge is 0.507 e. The topological polar surface area (TPSA) is 71.4 Å². The number of fused-ring (bicyclic) bond motifs is 1. The first kappa shape index (κ1) is 11.6. The molecule has 0 atom stereocenters. The maximum atomic E-state index is 12.0. The molecular formula is C12H8O4S. The molecular weight excluding hydrogens is 240 g/mol. The van der Waals surface area contributed by atoms with Gasteiger partial charge in [0.05, 0.1) is 5.56 Å². The van der Waals surface area contributed by atoms with E-state index in [2.05, 4.69) is 12.6 Å². The highest BCUT2D eigenvalue weighted by Gasteiger charge is 2.28. The molecule has 0 saturated heterocycles. The SMILES string of the molecule is O=C(S)CC1=CC(=O)c2cccc(O)c2C1=O. The van der Waals surface area contributed by atoms with Crippen molar-refractivity contribution in [1.29, 1.82) is 0 Å². The zero-order chi connectivity index (χ0) is 12.6. The molecule has 1 N–H and O–H groups in total. The first-order valence-electron chi connectivity index (χ1n) is 4.84. The second kappa shape index (κ2) is 4.18. The molecule has 0 amide bonds. The average Bonchev–Trinajstić information content (AvgIpc) is 2.24. The van der Waals surface area contributed by atoms with E-state index in [4.69, 9.17) is 0 Å². The molecule has 0 unspecified atom stereocenters. The molecule has 17 heavy (non-hydrogen) atoms. The standard InChI is InChI=1S/C12H8O4S/c13-8-3-1-2-7-9(14)4-6(5-10(15)17)12(16)11(7)8/h1-4,13H,5H2,(H,15,17). The zero-order valence-corrected chi connectivity index (χ0v) is 9.53. The molecule has 0 aromatic heterocycles. The summed E-state index contributed by atoms with van der Waals surface area (Å²) in [5.41, 5.74) is 0.180. The number of benzene rings is 1. The number of hydrogen-bond donors (Lipinski definition) is 2. The second-order valence-electron chi connectivity index (χ2n) is 3.63. The monoisotopic (exact) mass is 248 g/mol. The first-order valence-corrected chi connectivity index (χ1v) is 5.29. The fourth-order valence-electron chi connectivity index (χ4n) is 1.74. The molecule has 1 aliphatic rings. The Morgan fingerprint density at radius 3 is 2.65 bits per heavy atom. The second-order valence-corrected chi connectivity index (χ2v) is 4.13. The molecule has 0 spiro atoms. The molecule has 4 nitrogen and oxygen atoms in total. The first-order chi connectivity index (χ1) is 8.00. The highest BCUT2D eigenvalue weighted by molar-refractivity contribution is 7.96. The Hall–Kier alpha value is -1.88. The van der Waals surface area contributed by atoms with Crippen molar-refractivity contribution in [2.75, 3.05) is 0 Å². The lowest BCUT2D eigenvalue weighted by atomic mass is 9.88. The third-order valence-electron chi connectivity index (χ3n) is 2.47. The lowest BCUT2D eigenvalue weighted by Crippen LogP contribution is -2.18. The number of thiol groups is 1. The molecule has 1 aromatic carbocycles. The summed E-state index contributed by atoms with van der Waals surface area (Å²) in [6.45, 7) is 0. The van der Waals surface area contributed by atoms with Gasteiger partial charge in [-0.1, -0.05) is 12.1 Å². The maximum Gasteiger partial charge on any atom is 0.194 e. The van der Waals surface area contributed by atoms with Gasteiger partial charge in [-0.05, 0) is 12.1 Å². The number of phenolic OH excluding ortho intramolecular Hbond substituents is 1. The lowest BCUT2D eigenvalue weighted by molar-refractivity contribution is -0.110. The molecule has 1 aliphatic carbocycles. The third-order valence-corrected chi connectivity index (χ3v) is 2.63. The van der Waals surface area contributed by atoms with Crippen molar-refractivity contribution in [3.8, 4) is 5.75 Å². The van der Waals surface area contributed by atoms with Crippen molar-refractivity contribution in [3.63, 3.8) is 0 Å². The van der Waals surface area contributed by atoms with Crippen LogP contribution in [0.15, 0.2) is 29.8 Å². The van der Waals surface area contributed by atoms with Crippen LogP contribution < -0.4 is 0 Å². The minimum absolute atomic E-state index is 0.0374. The Bertz CT molecular complexity index is 572. The summed E-state index contributed by atoms with van der Waals surface area (Å²) in [5, 5.41) is 9.09. The van der Waals surface area contributed by atoms with E-state index in [1.165, 1.54) is 18.2 Å². The number of rotatable bonds is 2. The van der Waals surface area contributed by atoms with E-state index in [0.717, 1.165) is 6.08 Å². The van der Waals surface area contributed by atoms with Crippen molar-refractivity contribution in [2.24, 2.45) is 0 Å². The summed E-state index contributed by atoms with van der Waals surface area (Å²) in [6, 6.07) is 4.28. The Morgan fingerprint density at radius 2 is 2.00 bits per heavy atom. The number of Topliss-reactive ketones (excluding diaryl/α,β-unsaturated/α-hetero) is 1. The van der Waals surface area contributed by atoms with Gasteiger partial charge in [0.15, 0.2) is 16.7 Å². The molecule has 86 valence electrons. The molecule has 0 radical (unpaired) electrons. The molecule has 0 saturated carbocycles. The van der Waals surface area contributed by atoms with Gasteiger partial charge >= 0.3 is 0 Å². The Kier molecular flexibility index (Phi) is 2.85. The highest BCUT2D eigenvalue weighted by atomic mass is 32.1. The van der Waals surface area contributed by atoms with Crippen molar-refractivity contribution in [3.05, 3.63) is 41.0 Å². The van der Waals surface area contributed by atoms with E-state index in [1.807, 2.05) is 0 Å². The number of ketones is 2. The molecule has 0 heterocycles. The molecule has 1 aromatic rings. The summed E-state index contributed by atoms with van der Waals surface area (Å²) in [7, 11) is 0. The molecule has 5 heteroatoms. The molecule has 0 fully saturated rings. The van der Waals surface area contributed by atoms with Gasteiger partial charge in [0, 0.05) is 17.6 Å². The van der Waals surface area contributed by atoms with Gasteiger partial charge in [0.2, 0.25) is 0 Å². The van der Waals surface area contributed by atoms with E-state index in [-0.39, 0.29) is 34.7 Å². The van der Waals surface area contributed by atoms with Crippen LogP contribution in [0.4, 0.5) is 0 Å². The normalized spacial score (nSPS) is 14.3. The van der Waals surface area contributed by atoms with Gasteiger partial charge in [-0.3, -0.25) is 14.4 Å². The van der Waals surface area contributed by atoms with E-state index >= 15 is 0 Å². The number of phenols is 1. The third kappa shape index (κ3) is 2.01. The van der Waals surface area contributed by atoms with Gasteiger partial charge in [-0.2, -0.15) is 0 Å². The van der Waals surface area contributed by atoms with Crippen LogP contribution in [-0.2, 0) is 4.79 Å². The number of aromatic hydroxyl groups is 1. The summed E-state index contributed by atoms with van der Waals surface area (Å²) in [4.78, 5) is 34.5. The van der Waals surface area contributed by atoms with Crippen molar-refractivity contribution >= 4 is 29.3 Å². The summed E-state index contributed by atoms with van der Waals surface area (Å²) < 4.78 is 0. The van der Waals surface area contributed by atoms with Gasteiger partial charge in [0.1, 0.15) is 5.75 Å². The average molecular weight is 248 g/mol. The van der Waals surface area contributed by atoms with Crippen molar-refractivity contribution < 1.29 is 19.5 Å². The summed E-state index contributed by atoms with van der Waals surface area (Å²) in [5.74, 6) is -1.14. The Labute approximate surface area is 102 Å². The predicted molar refractivity (Wildman–Crippen MR) is 63.5 cm³/mol. The predicted octanol–water partition coefficient (Wildman–Crippen LogP) is 1.54. The van der Waals surface area contributed by atoms with Crippen LogP contribution in [-0.4, -0.2) is 21.8 Å². The van der Waals surface area contributed by atoms with Gasteiger partial charge in [-0.25, -0.2) is 0 Å². The molecule has 0 aliphatic heterocycles. The number of hydrogen-bond acceptors (Lipinski definition) is 4. The number of carbonyl (C=O) groups is 3. The van der Waals surface area contributed by atoms with E-state index < -0.39 is 10.9 Å². The lowest BCUT2D eigenvalue weighted by Gasteiger charge is -2.14. The smallest absolute Gasteiger partial charge is 0.194 e. The Balaban J connectivity index is 2.55. The molecule has 2 rings (SSSR count). The minimum Gasteiger partial charge on any atom is -0.507 e. The van der Waals surface area contributed by atoms with Crippen LogP contribution in [0.3, 0.4) is 0 Å². The van der Waals surface area contributed by atoms with E-state index in [0.29, 0.717) is 0 Å². The summed E-state index contributed by atoms with van der Waals surface area (Å²) >= 11 is 3.57. The van der Waals surface area contributed by atoms with Crippen LogP contribution >= 0.6 is 12.6 Å². The van der Waals surface area contributed by atoms with Crippen LogP contribution in [0.5, 0.6) is 5.75 Å². The van der Waals surface area contributed by atoms with Crippen LogP contribution in [0.1, 0.15) is 27.1 Å². The molecule has 0 bridgehead atoms. The Morgan fingerprint density at radius 1 is 1.29 bits per heavy atom. The fraction of sp³-hybridized carbons (Fsp3) is 0.0833.